The minimum atomic E-state index is -0.105. The molecular weight excluding hydrogens is 352 g/mol. The molecule has 7 heteroatoms. The highest BCUT2D eigenvalue weighted by Crippen LogP contribution is 2.27. The number of hydrogen-bond donors (Lipinski definition) is 0. The van der Waals surface area contributed by atoms with Crippen molar-refractivity contribution in [2.24, 2.45) is 0 Å². The van der Waals surface area contributed by atoms with Gasteiger partial charge in [0.15, 0.2) is 11.5 Å². The van der Waals surface area contributed by atoms with Crippen LogP contribution in [0.2, 0.25) is 0 Å². The Labute approximate surface area is 157 Å². The smallest absolute Gasteiger partial charge is 0.276 e. The molecule has 0 aliphatic carbocycles. The summed E-state index contributed by atoms with van der Waals surface area (Å²) in [4.78, 5) is 15.7. The lowest BCUT2D eigenvalue weighted by molar-refractivity contribution is 0.0419. The molecule has 2 heterocycles. The van der Waals surface area contributed by atoms with Crippen molar-refractivity contribution in [1.29, 1.82) is 0 Å². The van der Waals surface area contributed by atoms with Crippen LogP contribution < -0.4 is 4.74 Å². The van der Waals surface area contributed by atoms with Crippen LogP contribution >= 0.6 is 11.8 Å². The lowest BCUT2D eigenvalue weighted by Gasteiger charge is -2.34. The van der Waals surface area contributed by atoms with E-state index in [1.165, 1.54) is 0 Å². The Kier molecular flexibility index (Phi) is 6.57. The summed E-state index contributed by atoms with van der Waals surface area (Å²) in [5.74, 6) is 1.22. The average Bonchev–Trinajstić information content (AvgIpc) is 3.16. The summed E-state index contributed by atoms with van der Waals surface area (Å²) in [5.41, 5.74) is 0.324. The average molecular weight is 376 g/mol. The molecule has 1 aromatic heterocycles. The number of amides is 1. The van der Waals surface area contributed by atoms with Gasteiger partial charge in [-0.15, -0.1) is 11.8 Å². The Morgan fingerprint density at radius 3 is 3.04 bits per heavy atom. The zero-order valence-corrected chi connectivity index (χ0v) is 16.0. The van der Waals surface area contributed by atoms with Crippen LogP contribution in [-0.2, 0) is 11.3 Å². The number of nitrogens with zero attached hydrogens (tertiary/aromatic N) is 2. The normalized spacial score (nSPS) is 17.3. The van der Waals surface area contributed by atoms with Crippen LogP contribution in [0.5, 0.6) is 5.75 Å². The van der Waals surface area contributed by atoms with Gasteiger partial charge in [0.25, 0.3) is 5.91 Å². The van der Waals surface area contributed by atoms with E-state index in [1.807, 2.05) is 35.4 Å². The Morgan fingerprint density at radius 2 is 2.23 bits per heavy atom. The fourth-order valence-electron chi connectivity index (χ4n) is 3.15. The molecule has 0 N–H and O–H groups in total. The highest BCUT2D eigenvalue weighted by Gasteiger charge is 2.29. The lowest BCUT2D eigenvalue weighted by atomic mass is 10.0. The fraction of sp³-hybridized carbons (Fsp3) is 0.474. The number of thioether (sulfide) groups is 1. The minimum absolute atomic E-state index is 0.103. The molecule has 0 bridgehead atoms. The number of piperidine rings is 1. The number of rotatable bonds is 7. The molecule has 3 rings (SSSR count). The number of carbonyl (C=O) groups excluding carboxylic acids is 1. The topological polar surface area (TPSA) is 64.8 Å². The molecule has 1 aromatic carbocycles. The molecule has 6 nitrogen and oxygen atoms in total. The minimum Gasteiger partial charge on any atom is -0.484 e. The standard InChI is InChI=1S/C19H24N2O4S/c1-23-12-14-7-5-6-10-21(14)19(22)16-11-15(25-20-16)13-24-17-8-3-4-9-18(17)26-2/h3-4,8-9,11,14H,5-7,10,12-13H2,1-2H3. The van der Waals surface area contributed by atoms with Crippen LogP contribution in [0.25, 0.3) is 0 Å². The summed E-state index contributed by atoms with van der Waals surface area (Å²) >= 11 is 1.62. The van der Waals surface area contributed by atoms with Crippen molar-refractivity contribution in [3.63, 3.8) is 0 Å². The number of likely N-dealkylation sites (tertiary alicyclic amines) is 1. The van der Waals surface area contributed by atoms with E-state index < -0.39 is 0 Å². The van der Waals surface area contributed by atoms with E-state index >= 15 is 0 Å². The quantitative estimate of drug-likeness (QED) is 0.688. The van der Waals surface area contributed by atoms with E-state index in [-0.39, 0.29) is 18.6 Å². The number of para-hydroxylation sites is 1. The molecule has 0 saturated carbocycles. The number of carbonyl (C=O) groups is 1. The van der Waals surface area contributed by atoms with Crippen LogP contribution in [0.15, 0.2) is 39.8 Å². The molecular formula is C19H24N2O4S. The molecule has 1 aliphatic rings. The Bertz CT molecular complexity index is 732. The Hall–Kier alpha value is -1.99. The fourth-order valence-corrected chi connectivity index (χ4v) is 3.69. The number of hydrogen-bond acceptors (Lipinski definition) is 6. The zero-order chi connectivity index (χ0) is 18.4. The van der Waals surface area contributed by atoms with Crippen LogP contribution in [0.3, 0.4) is 0 Å². The van der Waals surface area contributed by atoms with Gasteiger partial charge in [-0.05, 0) is 37.7 Å². The summed E-state index contributed by atoms with van der Waals surface area (Å²) < 4.78 is 16.4. The second-order valence-corrected chi connectivity index (χ2v) is 7.07. The van der Waals surface area contributed by atoms with Gasteiger partial charge < -0.3 is 18.9 Å². The number of ether oxygens (including phenoxy) is 2. The molecule has 0 spiro atoms. The molecule has 1 amide bonds. The van der Waals surface area contributed by atoms with Crippen molar-refractivity contribution in [3.05, 3.63) is 41.8 Å². The van der Waals surface area contributed by atoms with Crippen LogP contribution in [0, 0.1) is 0 Å². The number of methoxy groups -OCH3 is 1. The largest absolute Gasteiger partial charge is 0.484 e. The van der Waals surface area contributed by atoms with E-state index in [2.05, 4.69) is 5.16 Å². The van der Waals surface area contributed by atoms with Gasteiger partial charge in [0.05, 0.1) is 12.6 Å². The first-order chi connectivity index (χ1) is 12.7. The summed E-state index contributed by atoms with van der Waals surface area (Å²) in [6, 6.07) is 9.59. The first-order valence-electron chi connectivity index (χ1n) is 8.74. The molecule has 1 aliphatic heterocycles. The summed E-state index contributed by atoms with van der Waals surface area (Å²) in [6.45, 7) is 1.51. The molecule has 1 saturated heterocycles. The zero-order valence-electron chi connectivity index (χ0n) is 15.1. The predicted molar refractivity (Wildman–Crippen MR) is 99.6 cm³/mol. The molecule has 2 aromatic rings. The maximum Gasteiger partial charge on any atom is 0.276 e. The molecule has 26 heavy (non-hydrogen) atoms. The third-order valence-electron chi connectivity index (χ3n) is 4.46. The van der Waals surface area contributed by atoms with Crippen LogP contribution in [-0.4, -0.2) is 48.5 Å². The van der Waals surface area contributed by atoms with Gasteiger partial charge in [0, 0.05) is 24.6 Å². The summed E-state index contributed by atoms with van der Waals surface area (Å²) in [5, 5.41) is 3.95. The highest BCUT2D eigenvalue weighted by atomic mass is 32.2. The molecule has 1 fully saturated rings. The monoisotopic (exact) mass is 376 g/mol. The van der Waals surface area contributed by atoms with Crippen molar-refractivity contribution in [3.8, 4) is 5.75 Å². The SMILES string of the molecule is COCC1CCCCN1C(=O)c1cc(COc2ccccc2SC)on1. The van der Waals surface area contributed by atoms with E-state index in [0.29, 0.717) is 18.1 Å². The number of benzene rings is 1. The second kappa shape index (κ2) is 9.09. The van der Waals surface area contributed by atoms with Crippen molar-refractivity contribution in [2.75, 3.05) is 26.5 Å². The highest BCUT2D eigenvalue weighted by molar-refractivity contribution is 7.98. The van der Waals surface area contributed by atoms with Gasteiger partial charge in [0.2, 0.25) is 0 Å². The first-order valence-corrected chi connectivity index (χ1v) is 9.96. The van der Waals surface area contributed by atoms with Gasteiger partial charge in [-0.2, -0.15) is 0 Å². The van der Waals surface area contributed by atoms with E-state index in [9.17, 15) is 4.79 Å². The molecule has 1 unspecified atom stereocenters. The van der Waals surface area contributed by atoms with Gasteiger partial charge in [-0.3, -0.25) is 4.79 Å². The lowest BCUT2D eigenvalue weighted by Crippen LogP contribution is -2.46. The van der Waals surface area contributed by atoms with Gasteiger partial charge in [0.1, 0.15) is 12.4 Å². The molecule has 0 radical (unpaired) electrons. The van der Waals surface area contributed by atoms with E-state index in [0.717, 1.165) is 36.5 Å². The second-order valence-electron chi connectivity index (χ2n) is 6.22. The molecule has 140 valence electrons. The third-order valence-corrected chi connectivity index (χ3v) is 5.24. The van der Waals surface area contributed by atoms with E-state index in [1.54, 1.807) is 24.9 Å². The summed E-state index contributed by atoms with van der Waals surface area (Å²) in [6.07, 6.45) is 5.08. The summed E-state index contributed by atoms with van der Waals surface area (Å²) in [7, 11) is 1.66. The van der Waals surface area contributed by atoms with Gasteiger partial charge >= 0.3 is 0 Å². The van der Waals surface area contributed by atoms with Crippen molar-refractivity contribution < 1.29 is 18.8 Å². The van der Waals surface area contributed by atoms with Crippen molar-refractivity contribution in [2.45, 2.75) is 36.8 Å². The first kappa shape index (κ1) is 18.8. The Balaban J connectivity index is 1.64. The number of aromatic nitrogens is 1. The van der Waals surface area contributed by atoms with Crippen LogP contribution in [0.4, 0.5) is 0 Å². The van der Waals surface area contributed by atoms with Gasteiger partial charge in [-0.25, -0.2) is 0 Å². The molecule has 1 atom stereocenters. The van der Waals surface area contributed by atoms with Crippen molar-refractivity contribution >= 4 is 17.7 Å². The van der Waals surface area contributed by atoms with E-state index in [4.69, 9.17) is 14.0 Å². The van der Waals surface area contributed by atoms with Crippen molar-refractivity contribution in [1.82, 2.24) is 10.1 Å². The third kappa shape index (κ3) is 4.40. The van der Waals surface area contributed by atoms with Gasteiger partial charge in [-0.1, -0.05) is 17.3 Å². The maximum atomic E-state index is 12.8. The maximum absolute atomic E-state index is 12.8. The predicted octanol–water partition coefficient (Wildman–Crippen LogP) is 3.62. The Morgan fingerprint density at radius 1 is 1.38 bits per heavy atom. The van der Waals surface area contributed by atoms with Crippen LogP contribution in [0.1, 0.15) is 35.5 Å².